The quantitative estimate of drug-likeness (QED) is 0.219. The number of rotatable bonds is 8. The summed E-state index contributed by atoms with van der Waals surface area (Å²) in [5, 5.41) is 15.6. The molecule has 0 saturated carbocycles. The van der Waals surface area contributed by atoms with Gasteiger partial charge in [0.2, 0.25) is 4.96 Å². The van der Waals surface area contributed by atoms with Gasteiger partial charge in [-0.05, 0) is 48.9 Å². The van der Waals surface area contributed by atoms with E-state index in [0.717, 1.165) is 5.56 Å². The molecule has 5 rings (SSSR count). The molecule has 0 amide bonds. The van der Waals surface area contributed by atoms with Crippen LogP contribution in [0.5, 0.6) is 11.5 Å². The van der Waals surface area contributed by atoms with Crippen LogP contribution in [0, 0.1) is 10.1 Å². The van der Waals surface area contributed by atoms with Crippen LogP contribution in [0.3, 0.4) is 0 Å². The van der Waals surface area contributed by atoms with E-state index in [0.29, 0.717) is 50.5 Å². The van der Waals surface area contributed by atoms with Crippen molar-refractivity contribution in [3.63, 3.8) is 0 Å². The second kappa shape index (κ2) is 10.1. The third-order valence-electron chi connectivity index (χ3n) is 5.38. The number of furan rings is 1. The molecule has 0 saturated heterocycles. The average Bonchev–Trinajstić information content (AvgIpc) is 3.60. The number of nitro groups is 1. The maximum atomic E-state index is 12.9. The molecule has 10 nitrogen and oxygen atoms in total. The molecule has 5 aromatic rings. The molecule has 0 aliphatic heterocycles. The standard InChI is InChI=1S/C26H20N4O6S/c1-3-35-21-11-8-16(14-22(21)34-2)9-13-24-27-26-29(28-24)25(31)23(37-26)15-17-10-12-20(36-17)18-6-4-5-7-19(18)30(32)33/h4-15H,3H2,1-2H3/b13-9+,23-15-. The normalized spacial score (nSPS) is 12.0. The van der Waals surface area contributed by atoms with Gasteiger partial charge in [-0.3, -0.25) is 14.9 Å². The molecule has 0 spiro atoms. The molecule has 0 fully saturated rings. The number of methoxy groups -OCH3 is 1. The predicted octanol–water partition coefficient (Wildman–Crippen LogP) is 4.44. The van der Waals surface area contributed by atoms with E-state index in [-0.39, 0.29) is 11.2 Å². The molecule has 37 heavy (non-hydrogen) atoms. The van der Waals surface area contributed by atoms with Crippen molar-refractivity contribution in [3.05, 3.63) is 96.7 Å². The largest absolute Gasteiger partial charge is 0.493 e. The summed E-state index contributed by atoms with van der Waals surface area (Å²) in [6.45, 7) is 2.44. The van der Waals surface area contributed by atoms with E-state index in [1.54, 1.807) is 49.6 Å². The van der Waals surface area contributed by atoms with Gasteiger partial charge in [0.1, 0.15) is 16.1 Å². The van der Waals surface area contributed by atoms with Crippen LogP contribution in [0.4, 0.5) is 5.69 Å². The van der Waals surface area contributed by atoms with Crippen molar-refractivity contribution in [1.29, 1.82) is 0 Å². The van der Waals surface area contributed by atoms with Gasteiger partial charge in [0, 0.05) is 12.1 Å². The lowest BCUT2D eigenvalue weighted by atomic mass is 10.1. The van der Waals surface area contributed by atoms with Crippen LogP contribution in [0.1, 0.15) is 24.1 Å². The Hall–Kier alpha value is -4.77. The number of thiazole rings is 1. The highest BCUT2D eigenvalue weighted by Gasteiger charge is 2.17. The number of para-hydroxylation sites is 1. The minimum Gasteiger partial charge on any atom is -0.493 e. The first-order chi connectivity index (χ1) is 18.0. The minimum atomic E-state index is -0.463. The first-order valence-electron chi connectivity index (χ1n) is 11.2. The van der Waals surface area contributed by atoms with Gasteiger partial charge >= 0.3 is 0 Å². The summed E-state index contributed by atoms with van der Waals surface area (Å²) >= 11 is 1.17. The van der Waals surface area contributed by atoms with Crippen LogP contribution in [-0.2, 0) is 0 Å². The Balaban J connectivity index is 1.40. The summed E-state index contributed by atoms with van der Waals surface area (Å²) in [7, 11) is 1.58. The fourth-order valence-electron chi connectivity index (χ4n) is 3.70. The van der Waals surface area contributed by atoms with Crippen LogP contribution in [0.2, 0.25) is 0 Å². The minimum absolute atomic E-state index is 0.0593. The Bertz CT molecular complexity index is 1750. The lowest BCUT2D eigenvalue weighted by molar-refractivity contribution is -0.384. The lowest BCUT2D eigenvalue weighted by Gasteiger charge is -2.09. The lowest BCUT2D eigenvalue weighted by Crippen LogP contribution is -2.23. The zero-order chi connectivity index (χ0) is 25.9. The molecule has 0 aliphatic rings. The molecule has 2 aromatic carbocycles. The van der Waals surface area contributed by atoms with Crippen molar-refractivity contribution in [2.24, 2.45) is 0 Å². The van der Waals surface area contributed by atoms with E-state index >= 15 is 0 Å². The Labute approximate surface area is 213 Å². The van der Waals surface area contributed by atoms with Gasteiger partial charge in [0.15, 0.2) is 17.3 Å². The Kier molecular flexibility index (Phi) is 6.52. The number of nitro benzene ring substituents is 1. The molecule has 186 valence electrons. The zero-order valence-corrected chi connectivity index (χ0v) is 20.6. The van der Waals surface area contributed by atoms with Crippen molar-refractivity contribution in [3.8, 4) is 22.8 Å². The highest BCUT2D eigenvalue weighted by molar-refractivity contribution is 7.15. The van der Waals surface area contributed by atoms with Gasteiger partial charge in [0.25, 0.3) is 11.2 Å². The number of hydrogen-bond acceptors (Lipinski definition) is 9. The van der Waals surface area contributed by atoms with Gasteiger partial charge in [-0.15, -0.1) is 5.10 Å². The SMILES string of the molecule is CCOc1ccc(/C=C/c2nc3s/c(=C\c4ccc(-c5ccccc5[N+](=O)[O-])o4)c(=O)n3n2)cc1OC. The van der Waals surface area contributed by atoms with Crippen LogP contribution < -0.4 is 19.6 Å². The summed E-state index contributed by atoms with van der Waals surface area (Å²) in [6.07, 6.45) is 5.11. The van der Waals surface area contributed by atoms with Crippen molar-refractivity contribution < 1.29 is 18.8 Å². The molecule has 0 N–H and O–H groups in total. The summed E-state index contributed by atoms with van der Waals surface area (Å²) < 4.78 is 18.3. The summed E-state index contributed by atoms with van der Waals surface area (Å²) in [5.74, 6) is 2.39. The molecule has 0 radical (unpaired) electrons. The fraction of sp³-hybridized carbons (Fsp3) is 0.115. The topological polar surface area (TPSA) is 122 Å². The Morgan fingerprint density at radius 1 is 1.14 bits per heavy atom. The molecule has 3 aromatic heterocycles. The van der Waals surface area contributed by atoms with Crippen LogP contribution in [0.15, 0.2) is 63.8 Å². The second-order valence-electron chi connectivity index (χ2n) is 7.73. The maximum Gasteiger partial charge on any atom is 0.291 e. The van der Waals surface area contributed by atoms with E-state index in [9.17, 15) is 14.9 Å². The number of aromatic nitrogens is 3. The molecule has 0 atom stereocenters. The van der Waals surface area contributed by atoms with E-state index in [1.165, 1.54) is 21.9 Å². The molecule has 0 bridgehead atoms. The van der Waals surface area contributed by atoms with Gasteiger partial charge < -0.3 is 13.9 Å². The fourth-order valence-corrected chi connectivity index (χ4v) is 4.59. The third-order valence-corrected chi connectivity index (χ3v) is 6.34. The van der Waals surface area contributed by atoms with Crippen molar-refractivity contribution >= 4 is 40.2 Å². The first-order valence-corrected chi connectivity index (χ1v) is 12.0. The average molecular weight is 517 g/mol. The first kappa shape index (κ1) is 23.9. The number of nitrogens with zero attached hydrogens (tertiary/aromatic N) is 4. The van der Waals surface area contributed by atoms with Crippen molar-refractivity contribution in [2.75, 3.05) is 13.7 Å². The van der Waals surface area contributed by atoms with E-state index in [2.05, 4.69) is 10.1 Å². The Morgan fingerprint density at radius 2 is 1.97 bits per heavy atom. The molecular formula is C26H20N4O6S. The van der Waals surface area contributed by atoms with Gasteiger partial charge in [-0.2, -0.15) is 9.50 Å². The van der Waals surface area contributed by atoms with E-state index < -0.39 is 4.92 Å². The predicted molar refractivity (Wildman–Crippen MR) is 140 cm³/mol. The van der Waals surface area contributed by atoms with Crippen LogP contribution in [0.25, 0.3) is 34.5 Å². The second-order valence-corrected chi connectivity index (χ2v) is 8.74. The highest BCUT2D eigenvalue weighted by Crippen LogP contribution is 2.31. The molecule has 0 aliphatic carbocycles. The Morgan fingerprint density at radius 3 is 2.73 bits per heavy atom. The number of benzene rings is 2. The molecule has 3 heterocycles. The van der Waals surface area contributed by atoms with Gasteiger partial charge in [-0.1, -0.05) is 35.6 Å². The smallest absolute Gasteiger partial charge is 0.291 e. The number of fused-ring (bicyclic) bond motifs is 1. The van der Waals surface area contributed by atoms with Gasteiger partial charge in [-0.25, -0.2) is 0 Å². The summed E-state index contributed by atoms with van der Waals surface area (Å²) in [4.78, 5) is 28.6. The summed E-state index contributed by atoms with van der Waals surface area (Å²) in [6, 6.07) is 15.2. The number of ether oxygens (including phenoxy) is 2. The van der Waals surface area contributed by atoms with Crippen LogP contribution in [-0.4, -0.2) is 33.2 Å². The van der Waals surface area contributed by atoms with Gasteiger partial charge in [0.05, 0.1) is 24.2 Å². The van der Waals surface area contributed by atoms with Crippen molar-refractivity contribution in [2.45, 2.75) is 6.92 Å². The van der Waals surface area contributed by atoms with Crippen molar-refractivity contribution in [1.82, 2.24) is 14.6 Å². The van der Waals surface area contributed by atoms with E-state index in [1.807, 2.05) is 31.2 Å². The van der Waals surface area contributed by atoms with E-state index in [4.69, 9.17) is 13.9 Å². The molecular weight excluding hydrogens is 496 g/mol. The monoisotopic (exact) mass is 516 g/mol. The highest BCUT2D eigenvalue weighted by atomic mass is 32.1. The summed E-state index contributed by atoms with van der Waals surface area (Å²) in [5.41, 5.74) is 0.829. The maximum absolute atomic E-state index is 12.9. The molecule has 11 heteroatoms. The molecule has 0 unspecified atom stereocenters. The van der Waals surface area contributed by atoms with Crippen LogP contribution >= 0.6 is 11.3 Å². The zero-order valence-electron chi connectivity index (χ0n) is 19.8. The third kappa shape index (κ3) is 4.84. The number of hydrogen-bond donors (Lipinski definition) is 0.